The Morgan fingerprint density at radius 2 is 2.00 bits per heavy atom. The zero-order valence-corrected chi connectivity index (χ0v) is 13.8. The molecule has 2 heterocycles. The maximum Gasteiger partial charge on any atom is 0.231 e. The van der Waals surface area contributed by atoms with Gasteiger partial charge in [-0.3, -0.25) is 4.79 Å². The van der Waals surface area contributed by atoms with E-state index in [2.05, 4.69) is 0 Å². The highest BCUT2D eigenvalue weighted by atomic mass is 19.1. The summed E-state index contributed by atoms with van der Waals surface area (Å²) in [5.74, 6) is -1.40. The largest absolute Gasteiger partial charge is 0.470 e. The molecule has 1 aliphatic heterocycles. The lowest BCUT2D eigenvalue weighted by Crippen LogP contribution is -2.30. The van der Waals surface area contributed by atoms with Crippen molar-refractivity contribution in [1.82, 2.24) is 0 Å². The Morgan fingerprint density at radius 3 is 2.77 bits per heavy atom. The number of carbonyl (C=O) groups excluding carboxylic acids is 1. The molecule has 1 aliphatic rings. The van der Waals surface area contributed by atoms with Crippen LogP contribution in [0.1, 0.15) is 11.1 Å². The number of nitrogens with two attached hydrogens (primary N) is 1. The standard InChI is InChI=1S/C20H16F2N2O2/c21-15-2-3-17(22)14(8-15)9-20(25)24-6-5-13-7-12(1-4-19(13)24)16-10-26-11-18(16)23/h1-4,7-8,10-11H,5-6,9,23H2. The highest BCUT2D eigenvalue weighted by molar-refractivity contribution is 5.97. The first-order valence-electron chi connectivity index (χ1n) is 8.22. The molecule has 0 spiro atoms. The van der Waals surface area contributed by atoms with Crippen LogP contribution in [0.25, 0.3) is 11.1 Å². The number of hydrogen-bond acceptors (Lipinski definition) is 3. The number of anilines is 2. The smallest absolute Gasteiger partial charge is 0.231 e. The maximum absolute atomic E-state index is 13.8. The minimum absolute atomic E-state index is 0.0613. The van der Waals surface area contributed by atoms with Gasteiger partial charge in [0.25, 0.3) is 0 Å². The van der Waals surface area contributed by atoms with E-state index < -0.39 is 11.6 Å². The van der Waals surface area contributed by atoms with Crippen LogP contribution in [-0.2, 0) is 17.6 Å². The summed E-state index contributed by atoms with van der Waals surface area (Å²) < 4.78 is 32.2. The van der Waals surface area contributed by atoms with E-state index in [0.29, 0.717) is 18.7 Å². The number of fused-ring (bicyclic) bond motifs is 1. The predicted octanol–water partition coefficient (Wildman–Crippen LogP) is 3.94. The number of benzene rings is 2. The first kappa shape index (κ1) is 16.3. The van der Waals surface area contributed by atoms with Crippen molar-refractivity contribution < 1.29 is 18.0 Å². The second kappa shape index (κ2) is 6.29. The first-order valence-corrected chi connectivity index (χ1v) is 8.22. The quantitative estimate of drug-likeness (QED) is 0.775. The van der Waals surface area contributed by atoms with Gasteiger partial charge in [-0.2, -0.15) is 0 Å². The average Bonchev–Trinajstić information content (AvgIpc) is 3.23. The van der Waals surface area contributed by atoms with E-state index in [1.807, 2.05) is 18.2 Å². The van der Waals surface area contributed by atoms with Gasteiger partial charge in [0.2, 0.25) is 5.91 Å². The van der Waals surface area contributed by atoms with E-state index in [1.54, 1.807) is 11.2 Å². The minimum Gasteiger partial charge on any atom is -0.470 e. The molecule has 1 aromatic heterocycles. The van der Waals surface area contributed by atoms with Crippen molar-refractivity contribution in [3.8, 4) is 11.1 Å². The van der Waals surface area contributed by atoms with E-state index in [9.17, 15) is 13.6 Å². The van der Waals surface area contributed by atoms with Gasteiger partial charge >= 0.3 is 0 Å². The first-order chi connectivity index (χ1) is 12.5. The molecule has 4 nitrogen and oxygen atoms in total. The summed E-state index contributed by atoms with van der Waals surface area (Å²) in [5, 5.41) is 0. The number of rotatable bonds is 3. The Labute approximate surface area is 148 Å². The van der Waals surface area contributed by atoms with E-state index in [-0.39, 0.29) is 17.9 Å². The van der Waals surface area contributed by atoms with E-state index in [1.165, 1.54) is 6.26 Å². The lowest BCUT2D eigenvalue weighted by molar-refractivity contribution is -0.117. The van der Waals surface area contributed by atoms with Crippen molar-refractivity contribution in [2.45, 2.75) is 12.8 Å². The Hall–Kier alpha value is -3.15. The molecule has 1 amide bonds. The van der Waals surface area contributed by atoms with Crippen molar-refractivity contribution in [1.29, 1.82) is 0 Å². The van der Waals surface area contributed by atoms with Gasteiger partial charge in [-0.1, -0.05) is 6.07 Å². The highest BCUT2D eigenvalue weighted by Crippen LogP contribution is 2.35. The Kier molecular flexibility index (Phi) is 3.95. The third-order valence-corrected chi connectivity index (χ3v) is 4.63. The molecule has 0 unspecified atom stereocenters. The molecule has 132 valence electrons. The van der Waals surface area contributed by atoms with Crippen LogP contribution in [0.2, 0.25) is 0 Å². The second-order valence-corrected chi connectivity index (χ2v) is 6.29. The van der Waals surface area contributed by atoms with Gasteiger partial charge in [0.05, 0.1) is 12.1 Å². The average molecular weight is 354 g/mol. The molecule has 0 radical (unpaired) electrons. The summed E-state index contributed by atoms with van der Waals surface area (Å²) in [6, 6.07) is 8.84. The number of amides is 1. The minimum atomic E-state index is -0.579. The van der Waals surface area contributed by atoms with Crippen LogP contribution >= 0.6 is 0 Å². The number of furan rings is 1. The van der Waals surface area contributed by atoms with Crippen molar-refractivity contribution in [2.24, 2.45) is 0 Å². The number of nitrogen functional groups attached to an aromatic ring is 1. The molecular weight excluding hydrogens is 338 g/mol. The fourth-order valence-corrected chi connectivity index (χ4v) is 3.31. The van der Waals surface area contributed by atoms with E-state index in [4.69, 9.17) is 10.2 Å². The van der Waals surface area contributed by atoms with Crippen molar-refractivity contribution in [3.63, 3.8) is 0 Å². The Morgan fingerprint density at radius 1 is 1.15 bits per heavy atom. The second-order valence-electron chi connectivity index (χ2n) is 6.29. The molecule has 0 atom stereocenters. The van der Waals surface area contributed by atoms with Crippen LogP contribution in [-0.4, -0.2) is 12.5 Å². The molecule has 2 N–H and O–H groups in total. The van der Waals surface area contributed by atoms with Gasteiger partial charge in [-0.25, -0.2) is 8.78 Å². The molecule has 0 saturated carbocycles. The van der Waals surface area contributed by atoms with Crippen LogP contribution in [0.15, 0.2) is 53.3 Å². The van der Waals surface area contributed by atoms with Crippen LogP contribution in [0.3, 0.4) is 0 Å². The third kappa shape index (κ3) is 2.83. The van der Waals surface area contributed by atoms with Crippen molar-refractivity contribution in [3.05, 3.63) is 71.7 Å². The lowest BCUT2D eigenvalue weighted by Gasteiger charge is -2.18. The fraction of sp³-hybridized carbons (Fsp3) is 0.150. The molecule has 4 rings (SSSR count). The fourth-order valence-electron chi connectivity index (χ4n) is 3.31. The SMILES string of the molecule is Nc1cocc1-c1ccc2c(c1)CCN2C(=O)Cc1cc(F)ccc1F. The van der Waals surface area contributed by atoms with Crippen LogP contribution in [0, 0.1) is 11.6 Å². The van der Waals surface area contributed by atoms with Crippen LogP contribution in [0.4, 0.5) is 20.2 Å². The van der Waals surface area contributed by atoms with E-state index >= 15 is 0 Å². The molecule has 2 aromatic carbocycles. The molecule has 6 heteroatoms. The van der Waals surface area contributed by atoms with Gasteiger partial charge in [0, 0.05) is 23.4 Å². The van der Waals surface area contributed by atoms with Crippen molar-refractivity contribution >= 4 is 17.3 Å². The molecule has 0 saturated heterocycles. The lowest BCUT2D eigenvalue weighted by atomic mass is 10.0. The predicted molar refractivity (Wildman–Crippen MR) is 94.7 cm³/mol. The molecule has 0 bridgehead atoms. The topological polar surface area (TPSA) is 59.5 Å². The van der Waals surface area contributed by atoms with Gasteiger partial charge in [0.1, 0.15) is 24.2 Å². The molecule has 26 heavy (non-hydrogen) atoms. The van der Waals surface area contributed by atoms with Crippen molar-refractivity contribution in [2.75, 3.05) is 17.2 Å². The number of halogens is 2. The van der Waals surface area contributed by atoms with Crippen LogP contribution in [0.5, 0.6) is 0 Å². The normalized spacial score (nSPS) is 13.1. The Balaban J connectivity index is 1.59. The number of hydrogen-bond donors (Lipinski definition) is 1. The van der Waals surface area contributed by atoms with E-state index in [0.717, 1.165) is 40.6 Å². The number of carbonyl (C=O) groups is 1. The summed E-state index contributed by atoms with van der Waals surface area (Å²) in [5.41, 5.74) is 10.0. The van der Waals surface area contributed by atoms with Crippen LogP contribution < -0.4 is 10.6 Å². The molecular formula is C20H16F2N2O2. The zero-order valence-electron chi connectivity index (χ0n) is 13.8. The molecule has 0 aliphatic carbocycles. The van der Waals surface area contributed by atoms with Gasteiger partial charge < -0.3 is 15.1 Å². The van der Waals surface area contributed by atoms with Gasteiger partial charge in [-0.15, -0.1) is 0 Å². The zero-order chi connectivity index (χ0) is 18.3. The Bertz CT molecular complexity index is 997. The van der Waals surface area contributed by atoms with Gasteiger partial charge in [0.15, 0.2) is 0 Å². The summed E-state index contributed by atoms with van der Waals surface area (Å²) in [6.07, 6.45) is 3.57. The molecule has 3 aromatic rings. The van der Waals surface area contributed by atoms with Gasteiger partial charge in [-0.05, 0) is 47.9 Å². The summed E-state index contributed by atoms with van der Waals surface area (Å²) in [6.45, 7) is 0.509. The summed E-state index contributed by atoms with van der Waals surface area (Å²) in [7, 11) is 0. The maximum atomic E-state index is 13.8. The monoisotopic (exact) mass is 354 g/mol. The molecule has 0 fully saturated rings. The highest BCUT2D eigenvalue weighted by Gasteiger charge is 2.26. The third-order valence-electron chi connectivity index (χ3n) is 4.63. The number of nitrogens with zero attached hydrogens (tertiary/aromatic N) is 1. The summed E-state index contributed by atoms with van der Waals surface area (Å²) in [4.78, 5) is 14.2. The summed E-state index contributed by atoms with van der Waals surface area (Å²) >= 11 is 0.